The SMILES string of the molecule is OC(c1ccccc1)c1ccnc(Cl)c1Cl. The molecule has 1 aromatic carbocycles. The van der Waals surface area contributed by atoms with Crippen LogP contribution < -0.4 is 0 Å². The Morgan fingerprint density at radius 2 is 1.75 bits per heavy atom. The van der Waals surface area contributed by atoms with Crippen molar-refractivity contribution in [1.82, 2.24) is 4.98 Å². The van der Waals surface area contributed by atoms with Crippen LogP contribution in [0.15, 0.2) is 42.6 Å². The highest BCUT2D eigenvalue weighted by Crippen LogP contribution is 2.31. The van der Waals surface area contributed by atoms with Crippen LogP contribution in [0.25, 0.3) is 0 Å². The Kier molecular flexibility index (Phi) is 3.44. The van der Waals surface area contributed by atoms with E-state index in [0.29, 0.717) is 10.6 Å². The molecule has 0 aliphatic rings. The summed E-state index contributed by atoms with van der Waals surface area (Å²) in [6, 6.07) is 10.9. The Morgan fingerprint density at radius 1 is 1.06 bits per heavy atom. The number of hydrogen-bond donors (Lipinski definition) is 1. The van der Waals surface area contributed by atoms with Gasteiger partial charge in [-0.3, -0.25) is 0 Å². The lowest BCUT2D eigenvalue weighted by Gasteiger charge is -2.13. The van der Waals surface area contributed by atoms with Crippen LogP contribution in [0.1, 0.15) is 17.2 Å². The van der Waals surface area contributed by atoms with Crippen molar-refractivity contribution >= 4 is 23.2 Å². The largest absolute Gasteiger partial charge is 0.384 e. The van der Waals surface area contributed by atoms with Gasteiger partial charge in [-0.2, -0.15) is 0 Å². The molecule has 4 heteroatoms. The highest BCUT2D eigenvalue weighted by molar-refractivity contribution is 6.41. The fourth-order valence-corrected chi connectivity index (χ4v) is 1.84. The molecule has 16 heavy (non-hydrogen) atoms. The Hall–Kier alpha value is -1.09. The molecule has 0 amide bonds. The number of hydrogen-bond acceptors (Lipinski definition) is 2. The van der Waals surface area contributed by atoms with E-state index in [1.165, 1.54) is 6.20 Å². The average Bonchev–Trinajstić information content (AvgIpc) is 2.33. The highest BCUT2D eigenvalue weighted by Gasteiger charge is 2.15. The third-order valence-electron chi connectivity index (χ3n) is 2.29. The van der Waals surface area contributed by atoms with E-state index >= 15 is 0 Å². The zero-order valence-corrected chi connectivity index (χ0v) is 9.78. The second kappa shape index (κ2) is 4.83. The number of halogens is 2. The van der Waals surface area contributed by atoms with E-state index < -0.39 is 6.10 Å². The molecule has 82 valence electrons. The molecule has 1 atom stereocenters. The first kappa shape index (κ1) is 11.4. The lowest BCUT2D eigenvalue weighted by atomic mass is 10.0. The molecule has 1 N–H and O–H groups in total. The molecule has 0 saturated carbocycles. The number of aromatic nitrogens is 1. The van der Waals surface area contributed by atoms with Gasteiger partial charge in [0.1, 0.15) is 11.3 Å². The van der Waals surface area contributed by atoms with Gasteiger partial charge in [-0.25, -0.2) is 4.98 Å². The van der Waals surface area contributed by atoms with Gasteiger partial charge in [0.2, 0.25) is 0 Å². The normalized spacial score (nSPS) is 12.4. The van der Waals surface area contributed by atoms with Crippen LogP contribution in [0.3, 0.4) is 0 Å². The second-order valence-corrected chi connectivity index (χ2v) is 4.05. The summed E-state index contributed by atoms with van der Waals surface area (Å²) in [6.45, 7) is 0. The van der Waals surface area contributed by atoms with Gasteiger partial charge in [0.15, 0.2) is 0 Å². The third kappa shape index (κ3) is 2.19. The maximum Gasteiger partial charge on any atom is 0.147 e. The summed E-state index contributed by atoms with van der Waals surface area (Å²) in [5.41, 5.74) is 1.33. The molecule has 0 radical (unpaired) electrons. The third-order valence-corrected chi connectivity index (χ3v) is 3.07. The second-order valence-electron chi connectivity index (χ2n) is 3.32. The molecule has 1 aromatic heterocycles. The molecule has 0 bridgehead atoms. The van der Waals surface area contributed by atoms with E-state index in [4.69, 9.17) is 23.2 Å². The van der Waals surface area contributed by atoms with E-state index in [2.05, 4.69) is 4.98 Å². The van der Waals surface area contributed by atoms with Gasteiger partial charge in [0.25, 0.3) is 0 Å². The van der Waals surface area contributed by atoms with Gasteiger partial charge in [0, 0.05) is 11.8 Å². The Bertz CT molecular complexity index is 488. The van der Waals surface area contributed by atoms with Crippen LogP contribution in [0.5, 0.6) is 0 Å². The van der Waals surface area contributed by atoms with E-state index in [1.807, 2.05) is 30.3 Å². The van der Waals surface area contributed by atoms with E-state index in [-0.39, 0.29) is 5.15 Å². The van der Waals surface area contributed by atoms with Crippen molar-refractivity contribution in [2.24, 2.45) is 0 Å². The van der Waals surface area contributed by atoms with Crippen LogP contribution in [0, 0.1) is 0 Å². The van der Waals surface area contributed by atoms with Crippen LogP contribution in [0.4, 0.5) is 0 Å². The topological polar surface area (TPSA) is 33.1 Å². The maximum atomic E-state index is 10.1. The summed E-state index contributed by atoms with van der Waals surface area (Å²) in [6.07, 6.45) is 0.740. The Labute approximate surface area is 103 Å². The predicted molar refractivity (Wildman–Crippen MR) is 64.8 cm³/mol. The van der Waals surface area contributed by atoms with E-state index in [1.54, 1.807) is 6.07 Å². The minimum Gasteiger partial charge on any atom is -0.384 e. The number of nitrogens with zero attached hydrogens (tertiary/aromatic N) is 1. The fraction of sp³-hybridized carbons (Fsp3) is 0.0833. The van der Waals surface area contributed by atoms with Crippen molar-refractivity contribution in [3.63, 3.8) is 0 Å². The van der Waals surface area contributed by atoms with Gasteiger partial charge in [-0.15, -0.1) is 0 Å². The van der Waals surface area contributed by atoms with E-state index in [0.717, 1.165) is 5.56 Å². The van der Waals surface area contributed by atoms with Crippen LogP contribution in [0.2, 0.25) is 10.2 Å². The molecule has 2 rings (SSSR count). The molecular weight excluding hydrogens is 245 g/mol. The van der Waals surface area contributed by atoms with E-state index in [9.17, 15) is 5.11 Å². The minimum absolute atomic E-state index is 0.203. The van der Waals surface area contributed by atoms with Crippen LogP contribution >= 0.6 is 23.2 Å². The first-order valence-corrected chi connectivity index (χ1v) is 5.48. The van der Waals surface area contributed by atoms with Gasteiger partial charge in [0.05, 0.1) is 5.02 Å². The van der Waals surface area contributed by atoms with Crippen LogP contribution in [-0.2, 0) is 0 Å². The van der Waals surface area contributed by atoms with Crippen molar-refractivity contribution in [1.29, 1.82) is 0 Å². The number of rotatable bonds is 2. The van der Waals surface area contributed by atoms with Crippen molar-refractivity contribution in [2.45, 2.75) is 6.10 Å². The summed E-state index contributed by atoms with van der Waals surface area (Å²) in [4.78, 5) is 3.84. The first-order valence-electron chi connectivity index (χ1n) is 4.73. The molecule has 0 saturated heterocycles. The summed E-state index contributed by atoms with van der Waals surface area (Å²) < 4.78 is 0. The molecule has 2 nitrogen and oxygen atoms in total. The average molecular weight is 254 g/mol. The maximum absolute atomic E-state index is 10.1. The fourth-order valence-electron chi connectivity index (χ4n) is 1.46. The zero-order chi connectivity index (χ0) is 11.5. The van der Waals surface area contributed by atoms with Crippen LogP contribution in [-0.4, -0.2) is 10.1 Å². The summed E-state index contributed by atoms with van der Waals surface area (Å²) >= 11 is 11.8. The number of benzene rings is 1. The quantitative estimate of drug-likeness (QED) is 0.832. The zero-order valence-electron chi connectivity index (χ0n) is 8.27. The summed E-state index contributed by atoms with van der Waals surface area (Å²) in [7, 11) is 0. The number of pyridine rings is 1. The van der Waals surface area contributed by atoms with Gasteiger partial charge >= 0.3 is 0 Å². The Morgan fingerprint density at radius 3 is 2.44 bits per heavy atom. The van der Waals surface area contributed by atoms with Gasteiger partial charge in [-0.05, 0) is 11.6 Å². The monoisotopic (exact) mass is 253 g/mol. The predicted octanol–water partition coefficient (Wildman–Crippen LogP) is 3.47. The molecule has 0 aliphatic carbocycles. The standard InChI is InChI=1S/C12H9Cl2NO/c13-10-9(6-7-15-12(10)14)11(16)8-4-2-1-3-5-8/h1-7,11,16H. The minimum atomic E-state index is -0.783. The Balaban J connectivity index is 2.42. The molecule has 1 unspecified atom stereocenters. The molecular formula is C12H9Cl2NO. The molecule has 1 heterocycles. The van der Waals surface area contributed by atoms with Gasteiger partial charge < -0.3 is 5.11 Å². The smallest absolute Gasteiger partial charge is 0.147 e. The van der Waals surface area contributed by atoms with Crippen molar-refractivity contribution in [3.8, 4) is 0 Å². The van der Waals surface area contributed by atoms with Gasteiger partial charge in [-0.1, -0.05) is 53.5 Å². The van der Waals surface area contributed by atoms with Crippen molar-refractivity contribution in [2.75, 3.05) is 0 Å². The summed E-state index contributed by atoms with van der Waals surface area (Å²) in [5, 5.41) is 10.6. The lowest BCUT2D eigenvalue weighted by molar-refractivity contribution is 0.220. The lowest BCUT2D eigenvalue weighted by Crippen LogP contribution is -2.01. The summed E-state index contributed by atoms with van der Waals surface area (Å²) in [5.74, 6) is 0. The molecule has 0 spiro atoms. The highest BCUT2D eigenvalue weighted by atomic mass is 35.5. The number of aliphatic hydroxyl groups is 1. The van der Waals surface area contributed by atoms with Crippen molar-refractivity contribution in [3.05, 3.63) is 63.9 Å². The molecule has 2 aromatic rings. The molecule has 0 aliphatic heterocycles. The van der Waals surface area contributed by atoms with Crippen molar-refractivity contribution < 1.29 is 5.11 Å². The molecule has 0 fully saturated rings. The first-order chi connectivity index (χ1) is 7.70. The number of aliphatic hydroxyl groups excluding tert-OH is 1.